The number of hydrogen-bond acceptors (Lipinski definition) is 5. The Balaban J connectivity index is 2.75. The first-order valence-electron chi connectivity index (χ1n) is 5.81. The standard InChI is InChI=1S/C13H16O5/c1-3-11(14)18-13(16)10-8-6-5-7-9(10)12(15)17-4-2/h3,6,8-10H,1,4-5,7H2,2H3. The highest BCUT2D eigenvalue weighted by molar-refractivity contribution is 5.94. The van der Waals surface area contributed by atoms with Gasteiger partial charge in [0.2, 0.25) is 0 Å². The lowest BCUT2D eigenvalue weighted by Crippen LogP contribution is -2.33. The van der Waals surface area contributed by atoms with Crippen molar-refractivity contribution >= 4 is 17.9 Å². The van der Waals surface area contributed by atoms with Crippen molar-refractivity contribution in [3.8, 4) is 0 Å². The quantitative estimate of drug-likeness (QED) is 0.327. The number of esters is 3. The maximum atomic E-state index is 11.7. The second-order valence-electron chi connectivity index (χ2n) is 3.83. The molecule has 5 heteroatoms. The van der Waals surface area contributed by atoms with E-state index in [1.165, 1.54) is 0 Å². The Kier molecular flexibility index (Phi) is 5.30. The summed E-state index contributed by atoms with van der Waals surface area (Å²) in [6.07, 6.45) is 5.49. The molecule has 0 fully saturated rings. The van der Waals surface area contributed by atoms with Gasteiger partial charge in [-0.1, -0.05) is 18.7 Å². The van der Waals surface area contributed by atoms with Crippen LogP contribution in [0.25, 0.3) is 0 Å². The summed E-state index contributed by atoms with van der Waals surface area (Å²) in [5.41, 5.74) is 0. The van der Waals surface area contributed by atoms with E-state index in [2.05, 4.69) is 11.3 Å². The summed E-state index contributed by atoms with van der Waals surface area (Å²) >= 11 is 0. The van der Waals surface area contributed by atoms with Crippen LogP contribution in [0.4, 0.5) is 0 Å². The molecule has 18 heavy (non-hydrogen) atoms. The molecular weight excluding hydrogens is 236 g/mol. The molecule has 0 radical (unpaired) electrons. The predicted molar refractivity (Wildman–Crippen MR) is 63.3 cm³/mol. The van der Waals surface area contributed by atoms with Gasteiger partial charge >= 0.3 is 17.9 Å². The molecule has 0 aromatic heterocycles. The monoisotopic (exact) mass is 252 g/mol. The molecular formula is C13H16O5. The van der Waals surface area contributed by atoms with Crippen molar-refractivity contribution in [3.05, 3.63) is 24.8 Å². The second-order valence-corrected chi connectivity index (χ2v) is 3.83. The summed E-state index contributed by atoms with van der Waals surface area (Å²) in [6, 6.07) is 0. The van der Waals surface area contributed by atoms with Crippen molar-refractivity contribution in [2.45, 2.75) is 19.8 Å². The third-order valence-electron chi connectivity index (χ3n) is 2.65. The molecule has 1 aliphatic rings. The van der Waals surface area contributed by atoms with Crippen LogP contribution in [0.2, 0.25) is 0 Å². The van der Waals surface area contributed by atoms with Crippen LogP contribution in [0.3, 0.4) is 0 Å². The topological polar surface area (TPSA) is 69.7 Å². The molecule has 2 atom stereocenters. The van der Waals surface area contributed by atoms with Gasteiger partial charge in [0, 0.05) is 6.08 Å². The van der Waals surface area contributed by atoms with E-state index < -0.39 is 29.7 Å². The van der Waals surface area contributed by atoms with Crippen LogP contribution in [-0.2, 0) is 23.9 Å². The minimum absolute atomic E-state index is 0.256. The summed E-state index contributed by atoms with van der Waals surface area (Å²) in [6.45, 7) is 5.16. The molecule has 5 nitrogen and oxygen atoms in total. The number of hydrogen-bond donors (Lipinski definition) is 0. The molecule has 0 aliphatic heterocycles. The highest BCUT2D eigenvalue weighted by Gasteiger charge is 2.36. The van der Waals surface area contributed by atoms with E-state index in [1.54, 1.807) is 19.1 Å². The lowest BCUT2D eigenvalue weighted by atomic mass is 9.84. The molecule has 0 saturated heterocycles. The van der Waals surface area contributed by atoms with E-state index >= 15 is 0 Å². The third-order valence-corrected chi connectivity index (χ3v) is 2.65. The van der Waals surface area contributed by atoms with E-state index in [4.69, 9.17) is 4.74 Å². The minimum Gasteiger partial charge on any atom is -0.466 e. The number of allylic oxidation sites excluding steroid dienone is 1. The van der Waals surface area contributed by atoms with Crippen LogP contribution in [0.1, 0.15) is 19.8 Å². The third kappa shape index (κ3) is 3.55. The Labute approximate surface area is 105 Å². The van der Waals surface area contributed by atoms with Gasteiger partial charge in [-0.3, -0.25) is 9.59 Å². The van der Waals surface area contributed by atoms with E-state index in [9.17, 15) is 14.4 Å². The predicted octanol–water partition coefficient (Wildman–Crippen LogP) is 1.39. The fraction of sp³-hybridized carbons (Fsp3) is 0.462. The molecule has 1 aliphatic carbocycles. The van der Waals surface area contributed by atoms with Crippen LogP contribution in [-0.4, -0.2) is 24.5 Å². The Bertz CT molecular complexity index is 383. The molecule has 0 N–H and O–H groups in total. The largest absolute Gasteiger partial charge is 0.466 e. The summed E-state index contributed by atoms with van der Waals surface area (Å²) in [7, 11) is 0. The lowest BCUT2D eigenvalue weighted by molar-refractivity contribution is -0.164. The van der Waals surface area contributed by atoms with E-state index in [1.807, 2.05) is 0 Å². The van der Waals surface area contributed by atoms with Crippen molar-refractivity contribution < 1.29 is 23.9 Å². The van der Waals surface area contributed by atoms with Gasteiger partial charge in [-0.2, -0.15) is 0 Å². The molecule has 0 bridgehead atoms. The van der Waals surface area contributed by atoms with Gasteiger partial charge in [0.25, 0.3) is 0 Å². The molecule has 98 valence electrons. The fourth-order valence-electron chi connectivity index (χ4n) is 1.80. The Hall–Kier alpha value is -1.91. The number of ether oxygens (including phenoxy) is 2. The summed E-state index contributed by atoms with van der Waals surface area (Å²) in [4.78, 5) is 34.4. The van der Waals surface area contributed by atoms with Crippen molar-refractivity contribution in [3.63, 3.8) is 0 Å². The lowest BCUT2D eigenvalue weighted by Gasteiger charge is -2.23. The van der Waals surface area contributed by atoms with Gasteiger partial charge < -0.3 is 9.47 Å². The zero-order valence-electron chi connectivity index (χ0n) is 10.3. The molecule has 0 heterocycles. The average Bonchev–Trinajstić information content (AvgIpc) is 2.38. The van der Waals surface area contributed by atoms with Crippen molar-refractivity contribution in [1.82, 2.24) is 0 Å². The first-order chi connectivity index (χ1) is 8.60. The maximum absolute atomic E-state index is 11.7. The van der Waals surface area contributed by atoms with Crippen LogP contribution in [0.15, 0.2) is 24.8 Å². The molecule has 1 rings (SSSR count). The van der Waals surface area contributed by atoms with Gasteiger partial charge in [-0.25, -0.2) is 4.79 Å². The van der Waals surface area contributed by atoms with Gasteiger partial charge in [-0.05, 0) is 19.8 Å². The minimum atomic E-state index is -0.818. The summed E-state index contributed by atoms with van der Waals surface area (Å²) < 4.78 is 9.45. The Morgan fingerprint density at radius 3 is 2.72 bits per heavy atom. The number of rotatable bonds is 4. The van der Waals surface area contributed by atoms with Crippen molar-refractivity contribution in [2.24, 2.45) is 11.8 Å². The maximum Gasteiger partial charge on any atom is 0.337 e. The highest BCUT2D eigenvalue weighted by Crippen LogP contribution is 2.27. The fourth-order valence-corrected chi connectivity index (χ4v) is 1.80. The molecule has 2 unspecified atom stereocenters. The Morgan fingerprint density at radius 1 is 1.39 bits per heavy atom. The molecule has 0 amide bonds. The van der Waals surface area contributed by atoms with Crippen LogP contribution >= 0.6 is 0 Å². The van der Waals surface area contributed by atoms with Gasteiger partial charge in [0.15, 0.2) is 0 Å². The number of carbonyl (C=O) groups excluding carboxylic acids is 3. The molecule has 0 spiro atoms. The first-order valence-corrected chi connectivity index (χ1v) is 5.81. The van der Waals surface area contributed by atoms with Crippen LogP contribution < -0.4 is 0 Å². The summed E-state index contributed by atoms with van der Waals surface area (Å²) in [5, 5.41) is 0. The smallest absolute Gasteiger partial charge is 0.337 e. The van der Waals surface area contributed by atoms with Crippen LogP contribution in [0.5, 0.6) is 0 Å². The first kappa shape index (κ1) is 14.2. The highest BCUT2D eigenvalue weighted by atomic mass is 16.6. The number of carbonyl (C=O) groups is 3. The second kappa shape index (κ2) is 6.74. The molecule has 0 aromatic carbocycles. The molecule has 0 saturated carbocycles. The van der Waals surface area contributed by atoms with E-state index in [-0.39, 0.29) is 6.61 Å². The van der Waals surface area contributed by atoms with E-state index in [0.717, 1.165) is 6.08 Å². The zero-order valence-corrected chi connectivity index (χ0v) is 10.3. The SMILES string of the molecule is C=CC(=O)OC(=O)C1C=CCCC1C(=O)OCC. The van der Waals surface area contributed by atoms with Crippen LogP contribution in [0, 0.1) is 11.8 Å². The van der Waals surface area contributed by atoms with Gasteiger partial charge in [0.1, 0.15) is 0 Å². The van der Waals surface area contributed by atoms with E-state index in [0.29, 0.717) is 12.8 Å². The zero-order chi connectivity index (χ0) is 13.5. The Morgan fingerprint density at radius 2 is 2.11 bits per heavy atom. The van der Waals surface area contributed by atoms with Gasteiger partial charge in [-0.15, -0.1) is 0 Å². The normalized spacial score (nSPS) is 22.1. The van der Waals surface area contributed by atoms with Crippen molar-refractivity contribution in [1.29, 1.82) is 0 Å². The average molecular weight is 252 g/mol. The van der Waals surface area contributed by atoms with Crippen molar-refractivity contribution in [2.75, 3.05) is 6.61 Å². The van der Waals surface area contributed by atoms with Gasteiger partial charge in [0.05, 0.1) is 18.4 Å². The summed E-state index contributed by atoms with van der Waals surface area (Å²) in [5.74, 6) is -3.34. The molecule has 0 aromatic rings.